The maximum absolute atomic E-state index is 13.5. The van der Waals surface area contributed by atoms with Gasteiger partial charge in [0.25, 0.3) is 11.5 Å². The summed E-state index contributed by atoms with van der Waals surface area (Å²) in [6.07, 6.45) is 9.75. The molecule has 0 aromatic carbocycles. The molecule has 2 fully saturated rings. The number of aromatic nitrogens is 4. The van der Waals surface area contributed by atoms with Crippen molar-refractivity contribution in [2.24, 2.45) is 30.9 Å². The summed E-state index contributed by atoms with van der Waals surface area (Å²) >= 11 is 0. The number of nitrogens with zero attached hydrogens (tertiary/aromatic N) is 8. The molecule has 1 aliphatic carbocycles. The van der Waals surface area contributed by atoms with Crippen LogP contribution < -0.4 is 26.4 Å². The lowest BCUT2D eigenvalue weighted by Gasteiger charge is -2.46. The number of hydrogen-bond acceptors (Lipinski definition) is 10. The van der Waals surface area contributed by atoms with E-state index in [0.29, 0.717) is 28.6 Å². The van der Waals surface area contributed by atoms with E-state index in [4.69, 9.17) is 0 Å². The van der Waals surface area contributed by atoms with E-state index in [-0.39, 0.29) is 25.3 Å². The lowest BCUT2D eigenvalue weighted by atomic mass is 10.1. The summed E-state index contributed by atoms with van der Waals surface area (Å²) in [7, 11) is 2.99. The Balaban J connectivity index is 1.19. The molecule has 0 bridgehead atoms. The third kappa shape index (κ3) is 4.20. The molecule has 5 heterocycles. The second-order valence-electron chi connectivity index (χ2n) is 11.2. The third-order valence-electron chi connectivity index (χ3n) is 8.40. The summed E-state index contributed by atoms with van der Waals surface area (Å²) in [4.78, 5) is 42.4. The first kappa shape index (κ1) is 27.0. The van der Waals surface area contributed by atoms with Crippen molar-refractivity contribution in [2.45, 2.75) is 31.5 Å². The fourth-order valence-corrected chi connectivity index (χ4v) is 5.77. The van der Waals surface area contributed by atoms with E-state index in [0.717, 1.165) is 9.63 Å². The average molecular weight is 567 g/mol. The first-order valence-corrected chi connectivity index (χ1v) is 13.2. The fraction of sp³-hybridized carbons (Fsp3) is 0.444. The number of amidine groups is 1. The van der Waals surface area contributed by atoms with Crippen LogP contribution in [0.5, 0.6) is 0 Å². The normalized spacial score (nSPS) is 26.5. The number of aliphatic imine (C=N–C) groups is 1. The van der Waals surface area contributed by atoms with Gasteiger partial charge in [0.2, 0.25) is 5.95 Å². The molecule has 6 rings (SSSR count). The predicted octanol–water partition coefficient (Wildman–Crippen LogP) is 1.39. The summed E-state index contributed by atoms with van der Waals surface area (Å²) in [6.45, 7) is 7.88. The van der Waals surface area contributed by atoms with Crippen molar-refractivity contribution in [2.75, 3.05) is 29.4 Å². The van der Waals surface area contributed by atoms with E-state index in [2.05, 4.69) is 26.9 Å². The summed E-state index contributed by atoms with van der Waals surface area (Å²) in [6, 6.07) is -0.471. The van der Waals surface area contributed by atoms with Crippen LogP contribution in [0.25, 0.3) is 5.57 Å². The number of alkyl halides is 2. The third-order valence-corrected chi connectivity index (χ3v) is 8.40. The summed E-state index contributed by atoms with van der Waals surface area (Å²) < 4.78 is 29.5. The van der Waals surface area contributed by atoms with Crippen molar-refractivity contribution in [3.63, 3.8) is 0 Å². The van der Waals surface area contributed by atoms with Crippen molar-refractivity contribution in [3.05, 3.63) is 80.8 Å². The van der Waals surface area contributed by atoms with Crippen molar-refractivity contribution in [3.8, 4) is 0 Å². The molecule has 2 aromatic rings. The largest absolute Gasteiger partial charge is 0.783 e. The van der Waals surface area contributed by atoms with Gasteiger partial charge in [0, 0.05) is 64.6 Å². The minimum absolute atomic E-state index is 0.0305. The maximum Gasteiger partial charge on any atom is 0.331 e. The molecule has 0 amide bonds. The Morgan fingerprint density at radius 2 is 1.85 bits per heavy atom. The van der Waals surface area contributed by atoms with Gasteiger partial charge < -0.3 is 25.4 Å². The molecule has 3 aliphatic heterocycles. The minimum atomic E-state index is -2.58. The number of hydroxylamine groups is 2. The van der Waals surface area contributed by atoms with Crippen LogP contribution in [0.1, 0.15) is 25.1 Å². The van der Waals surface area contributed by atoms with Gasteiger partial charge in [0.1, 0.15) is 17.2 Å². The molecule has 4 unspecified atom stereocenters. The molecule has 1 saturated carbocycles. The number of rotatable bonds is 6. The highest BCUT2D eigenvalue weighted by Crippen LogP contribution is 2.59. The standard InChI is InChI=1S/C27H30F2N9O3/c1-15-6-9-37(21-20(15)34(4)25(40)35(5)23(21)39)16(2)12-38(41)26(3)7-8-30-22(33-26)17-10-31-24(32-11-17)36-13-18-19(14-36)27(18,28)29/h6-11,16,18-19H,1,12-14H2,2-5H3,(H,30,33)/q-1. The highest BCUT2D eigenvalue weighted by atomic mass is 19.3. The molecule has 1 N–H and O–H groups in total. The molecular weight excluding hydrogens is 536 g/mol. The van der Waals surface area contributed by atoms with Crippen molar-refractivity contribution in [1.82, 2.24) is 29.5 Å². The Hall–Kier alpha value is -4.17. The van der Waals surface area contributed by atoms with Gasteiger partial charge in [0.05, 0.1) is 23.1 Å². The zero-order valence-corrected chi connectivity index (χ0v) is 23.1. The van der Waals surface area contributed by atoms with Crippen molar-refractivity contribution < 1.29 is 8.78 Å². The van der Waals surface area contributed by atoms with Crippen LogP contribution in [0.4, 0.5) is 20.4 Å². The minimum Gasteiger partial charge on any atom is -0.783 e. The molecule has 2 aromatic heterocycles. The van der Waals surface area contributed by atoms with E-state index >= 15 is 0 Å². The summed E-state index contributed by atoms with van der Waals surface area (Å²) in [5.74, 6) is -3.07. The van der Waals surface area contributed by atoms with Crippen molar-refractivity contribution in [1.29, 1.82) is 0 Å². The Morgan fingerprint density at radius 1 is 1.20 bits per heavy atom. The maximum atomic E-state index is 13.5. The van der Waals surface area contributed by atoms with Crippen LogP contribution in [0.2, 0.25) is 0 Å². The number of hydrogen-bond donors (Lipinski definition) is 1. The molecule has 216 valence electrons. The van der Waals surface area contributed by atoms with E-state index in [1.165, 1.54) is 11.6 Å². The van der Waals surface area contributed by atoms with Gasteiger partial charge >= 0.3 is 5.69 Å². The molecule has 0 spiro atoms. The van der Waals surface area contributed by atoms with Gasteiger partial charge in [0.15, 0.2) is 0 Å². The Labute approximate surface area is 234 Å². The summed E-state index contributed by atoms with van der Waals surface area (Å²) in [5.41, 5.74) is -0.486. The first-order chi connectivity index (χ1) is 19.3. The van der Waals surface area contributed by atoms with Gasteiger partial charge in [-0.25, -0.2) is 28.5 Å². The number of piperidine rings is 1. The SMILES string of the molecule is C=C1C=CN(C(C)CN([O-])C2(C)C=CNC(c3cnc(N4CC5C(C4)C5(F)F)nc3)=N2)c2c1n(C)c(=O)n(C)c2=O. The second kappa shape index (κ2) is 9.17. The molecule has 14 heteroatoms. The van der Waals surface area contributed by atoms with Gasteiger partial charge in [-0.2, -0.15) is 0 Å². The van der Waals surface area contributed by atoms with Gasteiger partial charge in [-0.15, -0.1) is 0 Å². The number of allylic oxidation sites excluding steroid dienone is 2. The van der Waals surface area contributed by atoms with Gasteiger partial charge in [-0.05, 0) is 31.6 Å². The smallest absolute Gasteiger partial charge is 0.331 e. The van der Waals surface area contributed by atoms with Crippen LogP contribution in [0.15, 0.2) is 58.1 Å². The number of fused-ring (bicyclic) bond motifs is 2. The van der Waals surface area contributed by atoms with Crippen LogP contribution in [-0.4, -0.2) is 67.3 Å². The average Bonchev–Trinajstić information content (AvgIpc) is 3.26. The Morgan fingerprint density at radius 3 is 2.51 bits per heavy atom. The fourth-order valence-electron chi connectivity index (χ4n) is 5.77. The quantitative estimate of drug-likeness (QED) is 0.516. The molecule has 1 saturated heterocycles. The highest BCUT2D eigenvalue weighted by Gasteiger charge is 2.72. The van der Waals surface area contributed by atoms with E-state index in [1.807, 2.05) is 0 Å². The molecule has 4 atom stereocenters. The molecular formula is C27H30F2N9O3-. The Bertz CT molecular complexity index is 1630. The van der Waals surface area contributed by atoms with Crippen molar-refractivity contribution >= 4 is 23.0 Å². The zero-order chi connectivity index (χ0) is 29.4. The van der Waals surface area contributed by atoms with Crippen LogP contribution in [0.3, 0.4) is 0 Å². The first-order valence-electron chi connectivity index (χ1n) is 13.2. The molecule has 4 aliphatic rings. The van der Waals surface area contributed by atoms with E-state index in [9.17, 15) is 23.6 Å². The topological polar surface area (TPSA) is 127 Å². The molecule has 0 radical (unpaired) electrons. The van der Waals surface area contributed by atoms with Crippen LogP contribution in [0, 0.1) is 17.0 Å². The van der Waals surface area contributed by atoms with Gasteiger partial charge in [-0.1, -0.05) is 6.58 Å². The molecule has 12 nitrogen and oxygen atoms in total. The predicted molar refractivity (Wildman–Crippen MR) is 151 cm³/mol. The van der Waals surface area contributed by atoms with Crippen LogP contribution >= 0.6 is 0 Å². The number of halogens is 2. The lowest BCUT2D eigenvalue weighted by molar-refractivity contribution is 0.0796. The van der Waals surface area contributed by atoms with E-state index in [1.54, 1.807) is 67.6 Å². The van der Waals surface area contributed by atoms with Crippen LogP contribution in [-0.2, 0) is 14.1 Å². The lowest BCUT2D eigenvalue weighted by Crippen LogP contribution is -2.51. The zero-order valence-electron chi connectivity index (χ0n) is 23.1. The van der Waals surface area contributed by atoms with E-state index < -0.39 is 40.7 Å². The second-order valence-corrected chi connectivity index (χ2v) is 11.2. The van der Waals surface area contributed by atoms with Gasteiger partial charge in [-0.3, -0.25) is 13.9 Å². The number of anilines is 2. The highest BCUT2D eigenvalue weighted by molar-refractivity contribution is 5.99. The molecule has 41 heavy (non-hydrogen) atoms. The summed E-state index contributed by atoms with van der Waals surface area (Å²) in [5, 5.41) is 17.4. The Kier molecular flexibility index (Phi) is 6.05. The number of nitrogens with one attached hydrogen (secondary N) is 1. The monoisotopic (exact) mass is 566 g/mol.